The van der Waals surface area contributed by atoms with Crippen LogP contribution in [0.3, 0.4) is 0 Å². The van der Waals surface area contributed by atoms with Gasteiger partial charge in [-0.25, -0.2) is 14.6 Å². The molecule has 0 aromatic carbocycles. The Morgan fingerprint density at radius 3 is 2.36 bits per heavy atom. The first-order valence-electron chi connectivity index (χ1n) is 7.83. The number of nitrogens with zero attached hydrogens (tertiary/aromatic N) is 1. The summed E-state index contributed by atoms with van der Waals surface area (Å²) in [5.74, 6) is 1.30. The first-order valence-corrected chi connectivity index (χ1v) is 7.83. The number of amides is 2. The number of hydrogen-bond acceptors (Lipinski definition) is 5. The van der Waals surface area contributed by atoms with Crippen LogP contribution in [0.15, 0.2) is 18.3 Å². The number of alkyl carbamates (subject to hydrolysis) is 1. The highest BCUT2D eigenvalue weighted by Gasteiger charge is 2.38. The Kier molecular flexibility index (Phi) is 7.37. The van der Waals surface area contributed by atoms with E-state index in [1.165, 1.54) is 6.07 Å². The van der Waals surface area contributed by atoms with E-state index < -0.39 is 35.8 Å². The smallest absolute Gasteiger partial charge is 0.471 e. The van der Waals surface area contributed by atoms with Crippen LogP contribution in [-0.2, 0) is 14.3 Å². The molecular weight excluding hydrogens is 383 g/mol. The lowest BCUT2D eigenvalue weighted by atomic mass is 10.2. The van der Waals surface area contributed by atoms with Gasteiger partial charge in [-0.3, -0.25) is 4.79 Å². The minimum atomic E-state index is -5.03. The van der Waals surface area contributed by atoms with Crippen molar-refractivity contribution >= 4 is 23.8 Å². The predicted molar refractivity (Wildman–Crippen MR) is 91.2 cm³/mol. The Hall–Kier alpha value is -3.29. The third-order valence-corrected chi connectivity index (χ3v) is 2.79. The molecule has 0 saturated heterocycles. The van der Waals surface area contributed by atoms with Gasteiger partial charge in [-0.15, -0.1) is 0 Å². The largest absolute Gasteiger partial charge is 0.480 e. The Labute approximate surface area is 158 Å². The van der Waals surface area contributed by atoms with Gasteiger partial charge in [0.15, 0.2) is 0 Å². The molecule has 28 heavy (non-hydrogen) atoms. The molecule has 0 unspecified atom stereocenters. The van der Waals surface area contributed by atoms with E-state index in [2.05, 4.69) is 22.1 Å². The highest BCUT2D eigenvalue weighted by Crippen LogP contribution is 2.17. The van der Waals surface area contributed by atoms with Crippen LogP contribution in [0.25, 0.3) is 0 Å². The maximum Gasteiger partial charge on any atom is 0.471 e. The van der Waals surface area contributed by atoms with Gasteiger partial charge in [-0.2, -0.15) is 13.2 Å². The van der Waals surface area contributed by atoms with E-state index in [1.54, 1.807) is 26.1 Å². The molecule has 0 fully saturated rings. The van der Waals surface area contributed by atoms with Crippen LogP contribution in [0.1, 0.15) is 32.8 Å². The number of alkyl halides is 3. The molecule has 0 spiro atoms. The van der Waals surface area contributed by atoms with E-state index >= 15 is 0 Å². The molecule has 8 nitrogen and oxygen atoms in total. The normalized spacial score (nSPS) is 12.2. The van der Waals surface area contributed by atoms with Crippen molar-refractivity contribution in [3.63, 3.8) is 0 Å². The maximum atomic E-state index is 12.2. The molecule has 152 valence electrons. The third kappa shape index (κ3) is 8.39. The molecule has 0 radical (unpaired) electrons. The molecule has 2 amide bonds. The Bertz CT molecular complexity index is 789. The maximum absolute atomic E-state index is 12.2. The van der Waals surface area contributed by atoms with Crippen LogP contribution in [0.4, 0.5) is 23.8 Å². The van der Waals surface area contributed by atoms with Crippen LogP contribution in [0.2, 0.25) is 0 Å². The molecule has 1 aromatic rings. The fourth-order valence-electron chi connectivity index (χ4n) is 1.63. The van der Waals surface area contributed by atoms with Crippen molar-refractivity contribution in [3.8, 4) is 11.8 Å². The average molecular weight is 401 g/mol. The monoisotopic (exact) mass is 401 g/mol. The van der Waals surface area contributed by atoms with Gasteiger partial charge in [0, 0.05) is 18.2 Å². The van der Waals surface area contributed by atoms with Crippen molar-refractivity contribution in [2.45, 2.75) is 45.0 Å². The van der Waals surface area contributed by atoms with E-state index in [9.17, 15) is 27.6 Å². The quantitative estimate of drug-likeness (QED) is 0.667. The zero-order valence-corrected chi connectivity index (χ0v) is 15.2. The molecule has 0 saturated carbocycles. The second-order valence-electron chi connectivity index (χ2n) is 6.43. The first-order chi connectivity index (χ1) is 12.8. The first kappa shape index (κ1) is 22.8. The summed E-state index contributed by atoms with van der Waals surface area (Å²) in [6, 6.07) is 1.09. The molecule has 1 heterocycles. The fraction of sp³-hybridized carbons (Fsp3) is 0.412. The number of carboxylic acids is 1. The van der Waals surface area contributed by atoms with Gasteiger partial charge in [0.2, 0.25) is 0 Å². The topological polar surface area (TPSA) is 118 Å². The zero-order chi connectivity index (χ0) is 21.5. The van der Waals surface area contributed by atoms with Crippen molar-refractivity contribution in [1.29, 1.82) is 0 Å². The summed E-state index contributed by atoms with van der Waals surface area (Å²) in [6.45, 7) is 4.86. The van der Waals surface area contributed by atoms with Gasteiger partial charge in [0.1, 0.15) is 17.5 Å². The van der Waals surface area contributed by atoms with Crippen molar-refractivity contribution in [1.82, 2.24) is 10.3 Å². The molecule has 0 bridgehead atoms. The SMILES string of the molecule is CC(C)(C)OC(=O)N[C@@H](CC#Cc1ccc(NC(=O)C(F)(F)F)nc1)C(=O)O. The second kappa shape index (κ2) is 9.07. The van der Waals surface area contributed by atoms with Gasteiger partial charge < -0.3 is 20.5 Å². The number of rotatable bonds is 4. The predicted octanol–water partition coefficient (Wildman–Crippen LogP) is 2.30. The Balaban J connectivity index is 2.69. The summed E-state index contributed by atoms with van der Waals surface area (Å²) in [7, 11) is 0. The summed E-state index contributed by atoms with van der Waals surface area (Å²) < 4.78 is 41.4. The van der Waals surface area contributed by atoms with Gasteiger partial charge in [0.05, 0.1) is 0 Å². The lowest BCUT2D eigenvalue weighted by Crippen LogP contribution is -2.43. The van der Waals surface area contributed by atoms with Gasteiger partial charge in [-0.05, 0) is 32.9 Å². The Morgan fingerprint density at radius 1 is 1.25 bits per heavy atom. The summed E-state index contributed by atoms with van der Waals surface area (Å²) in [5, 5.41) is 12.9. The molecule has 1 aromatic heterocycles. The number of carbonyl (C=O) groups is 3. The summed E-state index contributed by atoms with van der Waals surface area (Å²) in [4.78, 5) is 37.2. The van der Waals surface area contributed by atoms with E-state index in [0.29, 0.717) is 0 Å². The fourth-order valence-corrected chi connectivity index (χ4v) is 1.63. The lowest BCUT2D eigenvalue weighted by Gasteiger charge is -2.21. The van der Waals surface area contributed by atoms with E-state index in [0.717, 1.165) is 12.3 Å². The van der Waals surface area contributed by atoms with Crippen LogP contribution >= 0.6 is 0 Å². The van der Waals surface area contributed by atoms with Crippen molar-refractivity contribution < 1.29 is 37.4 Å². The number of halogens is 3. The minimum Gasteiger partial charge on any atom is -0.480 e. The number of carbonyl (C=O) groups excluding carboxylic acids is 2. The van der Waals surface area contributed by atoms with E-state index in [-0.39, 0.29) is 17.8 Å². The number of ether oxygens (including phenoxy) is 1. The molecule has 11 heteroatoms. The molecule has 0 aliphatic carbocycles. The Morgan fingerprint density at radius 2 is 1.89 bits per heavy atom. The van der Waals surface area contributed by atoms with Crippen LogP contribution in [0, 0.1) is 11.8 Å². The number of aliphatic carboxylic acids is 1. The van der Waals surface area contributed by atoms with Crippen molar-refractivity contribution in [2.24, 2.45) is 0 Å². The standard InChI is InChI=1S/C17H18F3N3O5/c1-16(2,3)28-15(27)22-11(13(24)25)6-4-5-10-7-8-12(21-9-10)23-14(26)17(18,19)20/h7-9,11H,6H2,1-3H3,(H,22,27)(H,24,25)(H,21,23,26)/t11-/m0/s1. The second-order valence-corrected chi connectivity index (χ2v) is 6.43. The van der Waals surface area contributed by atoms with Crippen molar-refractivity contribution in [2.75, 3.05) is 5.32 Å². The summed E-state index contributed by atoms with van der Waals surface area (Å²) in [5.41, 5.74) is -0.528. The molecular formula is C17H18F3N3O5. The van der Waals surface area contributed by atoms with Gasteiger partial charge >= 0.3 is 24.1 Å². The van der Waals surface area contributed by atoms with Crippen LogP contribution < -0.4 is 10.6 Å². The highest BCUT2D eigenvalue weighted by molar-refractivity contribution is 5.94. The average Bonchev–Trinajstić information content (AvgIpc) is 2.52. The number of nitrogens with one attached hydrogen (secondary N) is 2. The highest BCUT2D eigenvalue weighted by atomic mass is 19.4. The third-order valence-electron chi connectivity index (χ3n) is 2.79. The van der Waals surface area contributed by atoms with Crippen LogP contribution in [-0.4, -0.2) is 45.9 Å². The van der Waals surface area contributed by atoms with Gasteiger partial charge in [-0.1, -0.05) is 11.8 Å². The summed E-state index contributed by atoms with van der Waals surface area (Å²) in [6.07, 6.45) is -5.09. The zero-order valence-electron chi connectivity index (χ0n) is 15.2. The van der Waals surface area contributed by atoms with Crippen LogP contribution in [0.5, 0.6) is 0 Å². The number of pyridine rings is 1. The number of aromatic nitrogens is 1. The van der Waals surface area contributed by atoms with Crippen molar-refractivity contribution in [3.05, 3.63) is 23.9 Å². The minimum absolute atomic E-state index is 0.249. The lowest BCUT2D eigenvalue weighted by molar-refractivity contribution is -0.167. The van der Waals surface area contributed by atoms with E-state index in [1.807, 2.05) is 0 Å². The van der Waals surface area contributed by atoms with Gasteiger partial charge in [0.25, 0.3) is 0 Å². The molecule has 3 N–H and O–H groups in total. The molecule has 0 aliphatic rings. The number of carboxylic acid groups (broad SMARTS) is 1. The molecule has 1 rings (SSSR count). The summed E-state index contributed by atoms with van der Waals surface area (Å²) >= 11 is 0. The number of hydrogen-bond donors (Lipinski definition) is 3. The van der Waals surface area contributed by atoms with E-state index in [4.69, 9.17) is 9.84 Å². The molecule has 0 aliphatic heterocycles. The number of anilines is 1. The molecule has 1 atom stereocenters.